The van der Waals surface area contributed by atoms with E-state index in [-0.39, 0.29) is 35.8 Å². The molecule has 1 fully saturated rings. The smallest absolute Gasteiger partial charge is 0.244 e. The van der Waals surface area contributed by atoms with Crippen LogP contribution >= 0.6 is 12.4 Å². The van der Waals surface area contributed by atoms with Crippen LogP contribution in [0.25, 0.3) is 0 Å². The van der Waals surface area contributed by atoms with E-state index in [0.29, 0.717) is 5.56 Å². The first-order valence-electron chi connectivity index (χ1n) is 7.43. The lowest BCUT2D eigenvalue weighted by Crippen LogP contribution is -2.46. The Morgan fingerprint density at radius 2 is 1.95 bits per heavy atom. The zero-order valence-electron chi connectivity index (χ0n) is 12.7. The highest BCUT2D eigenvalue weighted by Crippen LogP contribution is 2.27. The molecule has 1 unspecified atom stereocenters. The number of hydrogen-bond acceptors (Lipinski definition) is 3. The minimum Gasteiger partial charge on any atom is -0.329 e. The molecule has 1 aromatic rings. The third-order valence-electron chi connectivity index (χ3n) is 4.21. The Morgan fingerprint density at radius 3 is 2.50 bits per heavy atom. The van der Waals surface area contributed by atoms with Crippen molar-refractivity contribution in [3.05, 3.63) is 29.6 Å². The van der Waals surface area contributed by atoms with E-state index in [0.717, 1.165) is 25.7 Å². The average Bonchev–Trinajstić information content (AvgIpc) is 2.45. The Hall–Kier alpha value is -0.690. The second-order valence-corrected chi connectivity index (χ2v) is 7.40. The van der Waals surface area contributed by atoms with Crippen molar-refractivity contribution in [2.75, 3.05) is 6.54 Å². The number of aryl methyl sites for hydroxylation is 1. The van der Waals surface area contributed by atoms with E-state index in [1.54, 1.807) is 13.0 Å². The molecule has 0 amide bonds. The molecule has 1 aromatic carbocycles. The van der Waals surface area contributed by atoms with Gasteiger partial charge in [0.15, 0.2) is 0 Å². The van der Waals surface area contributed by atoms with Gasteiger partial charge in [-0.25, -0.2) is 17.5 Å². The van der Waals surface area contributed by atoms with E-state index < -0.39 is 15.8 Å². The van der Waals surface area contributed by atoms with Gasteiger partial charge in [-0.3, -0.25) is 0 Å². The van der Waals surface area contributed by atoms with Crippen molar-refractivity contribution in [2.24, 2.45) is 11.7 Å². The molecule has 126 valence electrons. The molecule has 4 nitrogen and oxygen atoms in total. The largest absolute Gasteiger partial charge is 0.329 e. The number of rotatable bonds is 5. The molecule has 1 aliphatic carbocycles. The van der Waals surface area contributed by atoms with E-state index in [4.69, 9.17) is 5.73 Å². The monoisotopic (exact) mass is 350 g/mol. The molecule has 0 aromatic heterocycles. The van der Waals surface area contributed by atoms with Gasteiger partial charge < -0.3 is 5.73 Å². The van der Waals surface area contributed by atoms with Crippen molar-refractivity contribution in [1.82, 2.24) is 4.72 Å². The van der Waals surface area contributed by atoms with Crippen LogP contribution < -0.4 is 10.5 Å². The SMILES string of the molecule is Cc1cccc(F)c1S(=O)(=O)NC(CN)C1CCCCC1.Cl. The van der Waals surface area contributed by atoms with Crippen molar-refractivity contribution in [3.8, 4) is 0 Å². The number of nitrogens with one attached hydrogen (secondary N) is 1. The second-order valence-electron chi connectivity index (χ2n) is 5.75. The fourth-order valence-corrected chi connectivity index (χ4v) is 4.71. The van der Waals surface area contributed by atoms with Gasteiger partial charge in [0.2, 0.25) is 10.0 Å². The molecule has 0 bridgehead atoms. The van der Waals surface area contributed by atoms with Crippen LogP contribution in [0, 0.1) is 18.7 Å². The van der Waals surface area contributed by atoms with Crippen molar-refractivity contribution >= 4 is 22.4 Å². The van der Waals surface area contributed by atoms with E-state index in [9.17, 15) is 12.8 Å². The first kappa shape index (κ1) is 19.4. The van der Waals surface area contributed by atoms with Crippen molar-refractivity contribution in [2.45, 2.75) is 50.0 Å². The maximum atomic E-state index is 13.9. The highest BCUT2D eigenvalue weighted by molar-refractivity contribution is 7.89. The summed E-state index contributed by atoms with van der Waals surface area (Å²) < 4.78 is 41.5. The third kappa shape index (κ3) is 4.41. The van der Waals surface area contributed by atoms with Crippen LogP contribution in [-0.2, 0) is 10.0 Å². The Balaban J connectivity index is 0.00000242. The Labute approximate surface area is 138 Å². The summed E-state index contributed by atoms with van der Waals surface area (Å²) in [5, 5.41) is 0. The van der Waals surface area contributed by atoms with Crippen LogP contribution in [0.3, 0.4) is 0 Å². The summed E-state index contributed by atoms with van der Waals surface area (Å²) in [6.45, 7) is 1.83. The Morgan fingerprint density at radius 1 is 1.32 bits per heavy atom. The van der Waals surface area contributed by atoms with Gasteiger partial charge in [0, 0.05) is 12.6 Å². The lowest BCUT2D eigenvalue weighted by atomic mass is 9.84. The number of hydrogen-bond donors (Lipinski definition) is 2. The van der Waals surface area contributed by atoms with Gasteiger partial charge >= 0.3 is 0 Å². The number of sulfonamides is 1. The molecular weight excluding hydrogens is 327 g/mol. The average molecular weight is 351 g/mol. The summed E-state index contributed by atoms with van der Waals surface area (Å²) in [4.78, 5) is -0.265. The fourth-order valence-electron chi connectivity index (χ4n) is 3.09. The van der Waals surface area contributed by atoms with Crippen molar-refractivity contribution < 1.29 is 12.8 Å². The van der Waals surface area contributed by atoms with Crippen LogP contribution in [0.1, 0.15) is 37.7 Å². The predicted molar refractivity (Wildman–Crippen MR) is 88.1 cm³/mol. The molecule has 1 saturated carbocycles. The molecule has 7 heteroatoms. The van der Waals surface area contributed by atoms with Crippen LogP contribution in [0.5, 0.6) is 0 Å². The molecule has 1 atom stereocenters. The van der Waals surface area contributed by atoms with E-state index in [1.807, 2.05) is 0 Å². The lowest BCUT2D eigenvalue weighted by molar-refractivity contribution is 0.294. The molecule has 0 radical (unpaired) electrons. The maximum absolute atomic E-state index is 13.9. The summed E-state index contributed by atoms with van der Waals surface area (Å²) in [6, 6.07) is 3.94. The molecule has 2 rings (SSSR count). The van der Waals surface area contributed by atoms with Gasteiger partial charge in [0.05, 0.1) is 0 Å². The maximum Gasteiger partial charge on any atom is 0.244 e. The first-order chi connectivity index (χ1) is 9.95. The number of benzene rings is 1. The molecule has 22 heavy (non-hydrogen) atoms. The van der Waals surface area contributed by atoms with Crippen LogP contribution in [0.4, 0.5) is 4.39 Å². The minimum absolute atomic E-state index is 0. The highest BCUT2D eigenvalue weighted by Gasteiger charge is 2.29. The van der Waals surface area contributed by atoms with Gasteiger partial charge in [-0.15, -0.1) is 12.4 Å². The fraction of sp³-hybridized carbons (Fsp3) is 0.600. The lowest BCUT2D eigenvalue weighted by Gasteiger charge is -2.30. The molecule has 0 saturated heterocycles. The number of halogens is 2. The summed E-state index contributed by atoms with van der Waals surface area (Å²) in [5.41, 5.74) is 6.15. The zero-order chi connectivity index (χ0) is 15.5. The zero-order valence-corrected chi connectivity index (χ0v) is 14.4. The highest BCUT2D eigenvalue weighted by atomic mass is 35.5. The normalized spacial score (nSPS) is 17.8. The third-order valence-corrected chi connectivity index (χ3v) is 5.88. The van der Waals surface area contributed by atoms with Crippen LogP contribution in [-0.4, -0.2) is 21.0 Å². The van der Waals surface area contributed by atoms with Gasteiger partial charge in [-0.2, -0.15) is 0 Å². The predicted octanol–water partition coefficient (Wildman–Crippen LogP) is 2.74. The van der Waals surface area contributed by atoms with Gasteiger partial charge in [-0.1, -0.05) is 31.4 Å². The van der Waals surface area contributed by atoms with E-state index in [1.165, 1.54) is 18.6 Å². The Bertz CT molecular complexity index is 569. The van der Waals surface area contributed by atoms with Gasteiger partial charge in [0.1, 0.15) is 10.7 Å². The van der Waals surface area contributed by atoms with Crippen molar-refractivity contribution in [3.63, 3.8) is 0 Å². The second kappa shape index (κ2) is 8.24. The van der Waals surface area contributed by atoms with Gasteiger partial charge in [0.25, 0.3) is 0 Å². The van der Waals surface area contributed by atoms with E-state index in [2.05, 4.69) is 4.72 Å². The molecule has 0 heterocycles. The number of nitrogens with two attached hydrogens (primary N) is 1. The molecule has 3 N–H and O–H groups in total. The standard InChI is InChI=1S/C15H23FN2O2S.ClH/c1-11-6-5-9-13(16)15(11)21(19,20)18-14(10-17)12-7-3-2-4-8-12;/h5-6,9,12,14,18H,2-4,7-8,10,17H2,1H3;1H. The molecule has 0 aliphatic heterocycles. The Kier molecular flexibility index (Phi) is 7.25. The molecule has 0 spiro atoms. The first-order valence-corrected chi connectivity index (χ1v) is 8.91. The summed E-state index contributed by atoms with van der Waals surface area (Å²) in [5.74, 6) is -0.479. The summed E-state index contributed by atoms with van der Waals surface area (Å²) in [6.07, 6.45) is 5.33. The summed E-state index contributed by atoms with van der Waals surface area (Å²) >= 11 is 0. The van der Waals surface area contributed by atoms with Gasteiger partial charge in [-0.05, 0) is 37.3 Å². The molecular formula is C15H24ClFN2O2S. The molecule has 1 aliphatic rings. The minimum atomic E-state index is -3.89. The van der Waals surface area contributed by atoms with E-state index >= 15 is 0 Å². The van der Waals surface area contributed by atoms with Crippen molar-refractivity contribution in [1.29, 1.82) is 0 Å². The topological polar surface area (TPSA) is 72.2 Å². The van der Waals surface area contributed by atoms with Crippen LogP contribution in [0.15, 0.2) is 23.1 Å². The van der Waals surface area contributed by atoms with Crippen LogP contribution in [0.2, 0.25) is 0 Å². The quantitative estimate of drug-likeness (QED) is 0.857. The summed E-state index contributed by atoms with van der Waals surface area (Å²) in [7, 11) is -3.89.